The zero-order chi connectivity index (χ0) is 15.8. The van der Waals surface area contributed by atoms with E-state index in [0.717, 1.165) is 13.0 Å². The number of hydrogen-bond donors (Lipinski definition) is 2. The van der Waals surface area contributed by atoms with Gasteiger partial charge >= 0.3 is 0 Å². The van der Waals surface area contributed by atoms with Crippen molar-refractivity contribution in [1.29, 1.82) is 0 Å². The molecule has 1 aliphatic rings. The van der Waals surface area contributed by atoms with Crippen LogP contribution >= 0.6 is 0 Å². The number of carbonyl (C=O) groups excluding carboxylic acids is 2. The Bertz CT molecular complexity index is 491. The second kappa shape index (κ2) is 8.54. The van der Waals surface area contributed by atoms with Crippen LogP contribution in [0.15, 0.2) is 24.3 Å². The van der Waals surface area contributed by atoms with Gasteiger partial charge in [0.15, 0.2) is 0 Å². The molecule has 2 N–H and O–H groups in total. The van der Waals surface area contributed by atoms with Crippen LogP contribution in [0.5, 0.6) is 0 Å². The lowest BCUT2D eigenvalue weighted by atomic mass is 10.1. The third-order valence-corrected chi connectivity index (χ3v) is 3.91. The van der Waals surface area contributed by atoms with Crippen molar-refractivity contribution in [2.24, 2.45) is 0 Å². The van der Waals surface area contributed by atoms with Crippen LogP contribution in [0.1, 0.15) is 36.8 Å². The van der Waals surface area contributed by atoms with Gasteiger partial charge in [-0.1, -0.05) is 24.3 Å². The van der Waals surface area contributed by atoms with Crippen molar-refractivity contribution < 1.29 is 9.59 Å². The lowest BCUT2D eigenvalue weighted by Crippen LogP contribution is -2.28. The smallest absolute Gasteiger partial charge is 0.223 e. The predicted octanol–water partition coefficient (Wildman–Crippen LogP) is 1.42. The van der Waals surface area contributed by atoms with Crippen LogP contribution in [0.25, 0.3) is 0 Å². The molecular weight excluding hydrogens is 278 g/mol. The Balaban J connectivity index is 1.60. The molecule has 0 aliphatic carbocycles. The molecule has 5 heteroatoms. The molecule has 1 aromatic carbocycles. The quantitative estimate of drug-likeness (QED) is 0.714. The summed E-state index contributed by atoms with van der Waals surface area (Å²) in [5.41, 5.74) is 2.49. The van der Waals surface area contributed by atoms with Crippen molar-refractivity contribution in [3.8, 4) is 0 Å². The average Bonchev–Trinajstić information content (AvgIpc) is 2.96. The molecule has 0 radical (unpaired) electrons. The molecule has 120 valence electrons. The summed E-state index contributed by atoms with van der Waals surface area (Å²) in [5.74, 6) is 0.233. The second-order valence-corrected chi connectivity index (χ2v) is 5.68. The van der Waals surface area contributed by atoms with E-state index in [0.29, 0.717) is 38.9 Å². The van der Waals surface area contributed by atoms with E-state index in [1.807, 2.05) is 24.1 Å². The van der Waals surface area contributed by atoms with Crippen molar-refractivity contribution in [2.75, 3.05) is 20.1 Å². The van der Waals surface area contributed by atoms with Crippen molar-refractivity contribution >= 4 is 11.8 Å². The van der Waals surface area contributed by atoms with Gasteiger partial charge in [-0.3, -0.25) is 9.59 Å². The Kier molecular flexibility index (Phi) is 6.40. The largest absolute Gasteiger partial charge is 0.356 e. The van der Waals surface area contributed by atoms with Crippen molar-refractivity contribution in [3.63, 3.8) is 0 Å². The van der Waals surface area contributed by atoms with Gasteiger partial charge in [0.2, 0.25) is 11.8 Å². The summed E-state index contributed by atoms with van der Waals surface area (Å²) >= 11 is 0. The standard InChI is InChI=1S/C17H25N3O2/c1-18-10-4-8-16(21)19-11-5-9-17(22)20-12-14-6-2-3-7-15(14)13-20/h2-3,6-7,18H,4-5,8-13H2,1H3,(H,19,21). The van der Waals surface area contributed by atoms with E-state index in [2.05, 4.69) is 22.8 Å². The number of fused-ring (bicyclic) bond motifs is 1. The Morgan fingerprint density at radius 1 is 1.05 bits per heavy atom. The minimum absolute atomic E-state index is 0.0660. The van der Waals surface area contributed by atoms with E-state index in [9.17, 15) is 9.59 Å². The highest BCUT2D eigenvalue weighted by molar-refractivity contribution is 5.77. The minimum atomic E-state index is 0.0660. The summed E-state index contributed by atoms with van der Waals surface area (Å²) in [4.78, 5) is 25.6. The van der Waals surface area contributed by atoms with E-state index in [1.165, 1.54) is 11.1 Å². The molecule has 0 spiro atoms. The molecule has 22 heavy (non-hydrogen) atoms. The van der Waals surface area contributed by atoms with Gasteiger partial charge in [-0.15, -0.1) is 0 Å². The first-order valence-corrected chi connectivity index (χ1v) is 7.96. The SMILES string of the molecule is CNCCCC(=O)NCCCC(=O)N1Cc2ccccc2C1. The van der Waals surface area contributed by atoms with Gasteiger partial charge in [0.25, 0.3) is 0 Å². The molecule has 1 aromatic rings. The highest BCUT2D eigenvalue weighted by Crippen LogP contribution is 2.22. The first-order valence-electron chi connectivity index (χ1n) is 7.96. The van der Waals surface area contributed by atoms with Gasteiger partial charge in [0.1, 0.15) is 0 Å². The maximum Gasteiger partial charge on any atom is 0.223 e. The summed E-state index contributed by atoms with van der Waals surface area (Å²) in [6.07, 6.45) is 2.57. The van der Waals surface area contributed by atoms with Gasteiger partial charge in [-0.25, -0.2) is 0 Å². The molecule has 0 atom stereocenters. The lowest BCUT2D eigenvalue weighted by molar-refractivity contribution is -0.132. The third-order valence-electron chi connectivity index (χ3n) is 3.91. The number of carbonyl (C=O) groups is 2. The Hall–Kier alpha value is -1.88. The summed E-state index contributed by atoms with van der Waals surface area (Å²) < 4.78 is 0. The van der Waals surface area contributed by atoms with Gasteiger partial charge < -0.3 is 15.5 Å². The van der Waals surface area contributed by atoms with Crippen LogP contribution in [-0.2, 0) is 22.7 Å². The third kappa shape index (κ3) is 4.84. The Morgan fingerprint density at radius 3 is 2.32 bits per heavy atom. The number of hydrogen-bond acceptors (Lipinski definition) is 3. The maximum atomic E-state index is 12.2. The molecule has 0 saturated carbocycles. The van der Waals surface area contributed by atoms with Crippen molar-refractivity contribution in [3.05, 3.63) is 35.4 Å². The molecule has 0 unspecified atom stereocenters. The topological polar surface area (TPSA) is 61.4 Å². The molecule has 2 rings (SSSR count). The minimum Gasteiger partial charge on any atom is -0.356 e. The molecule has 0 saturated heterocycles. The molecule has 0 aromatic heterocycles. The van der Waals surface area contributed by atoms with E-state index >= 15 is 0 Å². The predicted molar refractivity (Wildman–Crippen MR) is 86.1 cm³/mol. The van der Waals surface area contributed by atoms with Crippen molar-refractivity contribution in [1.82, 2.24) is 15.5 Å². The molecular formula is C17H25N3O2. The van der Waals surface area contributed by atoms with Crippen molar-refractivity contribution in [2.45, 2.75) is 38.8 Å². The van der Waals surface area contributed by atoms with Crippen LogP contribution in [0.2, 0.25) is 0 Å². The zero-order valence-corrected chi connectivity index (χ0v) is 13.2. The number of amides is 2. The van der Waals surface area contributed by atoms with Gasteiger partial charge in [0.05, 0.1) is 0 Å². The summed E-state index contributed by atoms with van der Waals surface area (Å²) in [6, 6.07) is 8.18. The van der Waals surface area contributed by atoms with E-state index in [-0.39, 0.29) is 11.8 Å². The van der Waals surface area contributed by atoms with Crippen LogP contribution < -0.4 is 10.6 Å². The monoisotopic (exact) mass is 303 g/mol. The zero-order valence-electron chi connectivity index (χ0n) is 13.2. The molecule has 0 fully saturated rings. The van der Waals surface area contributed by atoms with Gasteiger partial charge in [-0.05, 0) is 37.6 Å². The van der Waals surface area contributed by atoms with Gasteiger partial charge in [-0.2, -0.15) is 0 Å². The fourth-order valence-electron chi connectivity index (χ4n) is 2.65. The maximum absolute atomic E-state index is 12.2. The number of benzene rings is 1. The summed E-state index contributed by atoms with van der Waals surface area (Å²) in [6.45, 7) is 2.85. The molecule has 1 heterocycles. The molecule has 5 nitrogen and oxygen atoms in total. The second-order valence-electron chi connectivity index (χ2n) is 5.68. The Labute approximate surface area is 132 Å². The highest BCUT2D eigenvalue weighted by Gasteiger charge is 2.22. The van der Waals surface area contributed by atoms with Crippen LogP contribution in [0, 0.1) is 0 Å². The summed E-state index contributed by atoms with van der Waals surface area (Å²) in [5, 5.41) is 5.88. The normalized spacial score (nSPS) is 13.0. The van der Waals surface area contributed by atoms with E-state index < -0.39 is 0 Å². The first kappa shape index (κ1) is 16.5. The number of rotatable bonds is 8. The molecule has 0 bridgehead atoms. The first-order chi connectivity index (χ1) is 10.7. The van der Waals surface area contributed by atoms with Crippen LogP contribution in [0.4, 0.5) is 0 Å². The lowest BCUT2D eigenvalue weighted by Gasteiger charge is -2.15. The number of nitrogens with zero attached hydrogens (tertiary/aromatic N) is 1. The molecule has 1 aliphatic heterocycles. The van der Waals surface area contributed by atoms with E-state index in [4.69, 9.17) is 0 Å². The average molecular weight is 303 g/mol. The van der Waals surface area contributed by atoms with E-state index in [1.54, 1.807) is 0 Å². The van der Waals surface area contributed by atoms with Gasteiger partial charge in [0, 0.05) is 32.5 Å². The van der Waals surface area contributed by atoms with Crippen LogP contribution in [-0.4, -0.2) is 36.9 Å². The Morgan fingerprint density at radius 2 is 1.68 bits per heavy atom. The fraction of sp³-hybridized carbons (Fsp3) is 0.529. The fourth-order valence-corrected chi connectivity index (χ4v) is 2.65. The number of nitrogens with one attached hydrogen (secondary N) is 2. The summed E-state index contributed by atoms with van der Waals surface area (Å²) in [7, 11) is 1.88. The highest BCUT2D eigenvalue weighted by atomic mass is 16.2. The molecule has 2 amide bonds. The van der Waals surface area contributed by atoms with Crippen LogP contribution in [0.3, 0.4) is 0 Å².